The highest BCUT2D eigenvalue weighted by atomic mass is 32.1. The fraction of sp³-hybridized carbons (Fsp3) is 0.333. The van der Waals surface area contributed by atoms with Crippen LogP contribution in [-0.4, -0.2) is 17.3 Å². The summed E-state index contributed by atoms with van der Waals surface area (Å²) in [4.78, 5) is 9.35. The Hall–Kier alpha value is -1.45. The van der Waals surface area contributed by atoms with Crippen LogP contribution in [0, 0.1) is 0 Å². The van der Waals surface area contributed by atoms with Crippen LogP contribution in [0.25, 0.3) is 10.7 Å². The van der Waals surface area contributed by atoms with Crippen molar-refractivity contribution < 1.29 is 22.5 Å². The Kier molecular flexibility index (Phi) is 3.64. The molecule has 2 aromatic rings. The first kappa shape index (κ1) is 13.0. The first-order valence-corrected chi connectivity index (χ1v) is 5.58. The summed E-state index contributed by atoms with van der Waals surface area (Å²) in [7, 11) is 1.48. The largest absolute Gasteiger partial charge is 0.471 e. The summed E-state index contributed by atoms with van der Waals surface area (Å²) in [5.74, 6) is -1.42. The van der Waals surface area contributed by atoms with Crippen LogP contribution in [0.1, 0.15) is 10.8 Å². The van der Waals surface area contributed by atoms with Gasteiger partial charge >= 0.3 is 12.1 Å². The minimum atomic E-state index is -4.62. The molecule has 0 fully saturated rings. The normalized spacial score (nSPS) is 12.0. The second-order valence-electron chi connectivity index (χ2n) is 3.21. The molecule has 0 aromatic carbocycles. The number of hydrogen-bond donors (Lipinski definition) is 1. The Balaban J connectivity index is 2.16. The van der Waals surface area contributed by atoms with E-state index in [9.17, 15) is 13.2 Å². The van der Waals surface area contributed by atoms with Gasteiger partial charge in [-0.2, -0.15) is 23.6 Å². The number of thiophene rings is 1. The van der Waals surface area contributed by atoms with Crippen molar-refractivity contribution in [2.24, 2.45) is 0 Å². The first-order chi connectivity index (χ1) is 8.50. The van der Waals surface area contributed by atoms with Crippen molar-refractivity contribution in [2.45, 2.75) is 12.7 Å². The van der Waals surface area contributed by atoms with Gasteiger partial charge in [-0.25, -0.2) is 0 Å². The zero-order chi connectivity index (χ0) is 13.2. The summed E-state index contributed by atoms with van der Waals surface area (Å²) in [5, 5.41) is 3.30. The lowest BCUT2D eigenvalue weighted by molar-refractivity contribution is -0.159. The van der Waals surface area contributed by atoms with Gasteiger partial charge in [0.15, 0.2) is 0 Å². The number of rotatable bonds is 4. The van der Waals surface area contributed by atoms with Crippen LogP contribution in [0.3, 0.4) is 0 Å². The SMILES string of the molecule is CONCc1ccc(-c2noc(C(F)(F)F)n2)s1. The summed E-state index contributed by atoms with van der Waals surface area (Å²) in [6.07, 6.45) is -4.62. The number of alkyl halides is 3. The van der Waals surface area contributed by atoms with E-state index in [-0.39, 0.29) is 5.82 Å². The van der Waals surface area contributed by atoms with Crippen LogP contribution >= 0.6 is 11.3 Å². The molecule has 18 heavy (non-hydrogen) atoms. The van der Waals surface area contributed by atoms with E-state index < -0.39 is 12.1 Å². The fourth-order valence-corrected chi connectivity index (χ4v) is 2.04. The van der Waals surface area contributed by atoms with Crippen LogP contribution < -0.4 is 5.48 Å². The molecule has 5 nitrogen and oxygen atoms in total. The van der Waals surface area contributed by atoms with Gasteiger partial charge in [0.25, 0.3) is 0 Å². The summed E-state index contributed by atoms with van der Waals surface area (Å²) >= 11 is 1.26. The molecule has 1 N–H and O–H groups in total. The third kappa shape index (κ3) is 2.86. The molecule has 0 spiro atoms. The highest BCUT2D eigenvalue weighted by molar-refractivity contribution is 7.15. The van der Waals surface area contributed by atoms with Gasteiger partial charge in [-0.3, -0.25) is 0 Å². The standard InChI is InChI=1S/C9H8F3N3O2S/c1-16-13-4-5-2-3-6(18-5)7-14-8(17-15-7)9(10,11)12/h2-3,13H,4H2,1H3. The third-order valence-electron chi connectivity index (χ3n) is 1.94. The summed E-state index contributed by atoms with van der Waals surface area (Å²) in [6, 6.07) is 3.37. The Morgan fingerprint density at radius 2 is 2.22 bits per heavy atom. The topological polar surface area (TPSA) is 60.2 Å². The van der Waals surface area contributed by atoms with Crippen molar-refractivity contribution in [1.82, 2.24) is 15.6 Å². The average Bonchev–Trinajstić information content (AvgIpc) is 2.93. The monoisotopic (exact) mass is 279 g/mol. The maximum absolute atomic E-state index is 12.3. The smallest absolute Gasteiger partial charge is 0.329 e. The Morgan fingerprint density at radius 1 is 1.44 bits per heavy atom. The van der Waals surface area contributed by atoms with Crippen molar-refractivity contribution >= 4 is 11.3 Å². The third-order valence-corrected chi connectivity index (χ3v) is 3.02. The van der Waals surface area contributed by atoms with Crippen molar-refractivity contribution in [1.29, 1.82) is 0 Å². The molecule has 2 aromatic heterocycles. The number of hydroxylamine groups is 1. The van der Waals surface area contributed by atoms with Crippen molar-refractivity contribution in [3.63, 3.8) is 0 Å². The zero-order valence-corrected chi connectivity index (χ0v) is 9.93. The number of halogens is 3. The molecular formula is C9H8F3N3O2S. The van der Waals surface area contributed by atoms with E-state index >= 15 is 0 Å². The zero-order valence-electron chi connectivity index (χ0n) is 9.11. The van der Waals surface area contributed by atoms with Gasteiger partial charge in [-0.15, -0.1) is 11.3 Å². The lowest BCUT2D eigenvalue weighted by Gasteiger charge is -1.96. The molecule has 9 heteroatoms. The van der Waals surface area contributed by atoms with Crippen molar-refractivity contribution in [3.05, 3.63) is 22.9 Å². The summed E-state index contributed by atoms with van der Waals surface area (Å²) in [6.45, 7) is 0.450. The predicted octanol–water partition coefficient (Wildman–Crippen LogP) is 2.47. The van der Waals surface area contributed by atoms with E-state index in [1.807, 2.05) is 0 Å². The minimum Gasteiger partial charge on any atom is -0.329 e. The van der Waals surface area contributed by atoms with Crippen LogP contribution in [-0.2, 0) is 17.6 Å². The lowest BCUT2D eigenvalue weighted by Crippen LogP contribution is -2.09. The number of aromatic nitrogens is 2. The molecular weight excluding hydrogens is 271 g/mol. The molecule has 0 aliphatic carbocycles. The first-order valence-electron chi connectivity index (χ1n) is 4.76. The molecule has 2 rings (SSSR count). The highest BCUT2D eigenvalue weighted by Gasteiger charge is 2.38. The Bertz CT molecular complexity index is 523. The second-order valence-corrected chi connectivity index (χ2v) is 4.38. The number of nitrogens with zero attached hydrogens (tertiary/aromatic N) is 2. The van der Waals surface area contributed by atoms with Crippen LogP contribution in [0.2, 0.25) is 0 Å². The lowest BCUT2D eigenvalue weighted by atomic mass is 10.4. The van der Waals surface area contributed by atoms with E-state index in [1.54, 1.807) is 12.1 Å². The minimum absolute atomic E-state index is 0.0732. The van der Waals surface area contributed by atoms with E-state index in [2.05, 4.69) is 25.0 Å². The molecule has 0 amide bonds. The number of nitrogens with one attached hydrogen (secondary N) is 1. The highest BCUT2D eigenvalue weighted by Crippen LogP contribution is 2.31. The van der Waals surface area contributed by atoms with Crippen LogP contribution in [0.4, 0.5) is 13.2 Å². The van der Waals surface area contributed by atoms with Crippen molar-refractivity contribution in [3.8, 4) is 10.7 Å². The fourth-order valence-electron chi connectivity index (χ4n) is 1.18. The summed E-state index contributed by atoms with van der Waals surface area (Å²) < 4.78 is 41.0. The molecule has 0 aliphatic heterocycles. The van der Waals surface area contributed by atoms with E-state index in [4.69, 9.17) is 0 Å². The molecule has 0 unspecified atom stereocenters. The molecule has 0 atom stereocenters. The van der Waals surface area contributed by atoms with E-state index in [0.717, 1.165) is 4.88 Å². The van der Waals surface area contributed by atoms with Gasteiger partial charge in [0.05, 0.1) is 18.5 Å². The predicted molar refractivity (Wildman–Crippen MR) is 56.5 cm³/mol. The van der Waals surface area contributed by atoms with Crippen LogP contribution in [0.5, 0.6) is 0 Å². The van der Waals surface area contributed by atoms with Gasteiger partial charge in [0.2, 0.25) is 5.82 Å². The molecule has 0 radical (unpaired) electrons. The molecule has 98 valence electrons. The molecule has 0 saturated carbocycles. The molecule has 0 bridgehead atoms. The van der Waals surface area contributed by atoms with E-state index in [0.29, 0.717) is 11.4 Å². The van der Waals surface area contributed by atoms with Gasteiger partial charge in [-0.1, -0.05) is 5.16 Å². The quantitative estimate of drug-likeness (QED) is 0.871. The molecule has 0 saturated heterocycles. The van der Waals surface area contributed by atoms with Gasteiger partial charge in [-0.05, 0) is 12.1 Å². The maximum Gasteiger partial charge on any atom is 0.471 e. The Morgan fingerprint density at radius 3 is 2.83 bits per heavy atom. The summed E-state index contributed by atoms with van der Waals surface area (Å²) in [5.41, 5.74) is 2.62. The second kappa shape index (κ2) is 5.04. The molecule has 2 heterocycles. The Labute approximate surface area is 104 Å². The number of hydrogen-bond acceptors (Lipinski definition) is 6. The maximum atomic E-state index is 12.3. The van der Waals surface area contributed by atoms with E-state index in [1.165, 1.54) is 18.4 Å². The van der Waals surface area contributed by atoms with Gasteiger partial charge in [0.1, 0.15) is 0 Å². The van der Waals surface area contributed by atoms with Crippen LogP contribution in [0.15, 0.2) is 16.7 Å². The van der Waals surface area contributed by atoms with Gasteiger partial charge < -0.3 is 9.36 Å². The molecule has 0 aliphatic rings. The van der Waals surface area contributed by atoms with Gasteiger partial charge in [0, 0.05) is 4.88 Å². The average molecular weight is 279 g/mol. The van der Waals surface area contributed by atoms with Crippen molar-refractivity contribution in [2.75, 3.05) is 7.11 Å².